The summed E-state index contributed by atoms with van der Waals surface area (Å²) >= 11 is 0.749. The average Bonchev–Trinajstić information content (AvgIpc) is 3.11. The van der Waals surface area contributed by atoms with E-state index in [9.17, 15) is 32.9 Å². The fourth-order valence-corrected chi connectivity index (χ4v) is 4.31. The smallest absolute Gasteiger partial charge is 0.416 e. The summed E-state index contributed by atoms with van der Waals surface area (Å²) in [6, 6.07) is 17.5. The number of nitrogens with zero attached hydrogens (tertiary/aromatic N) is 2. The quantitative estimate of drug-likeness (QED) is 0.198. The minimum Gasteiger partial charge on any atom is -0.449 e. The molecule has 0 unspecified atom stereocenters. The number of amides is 2. The summed E-state index contributed by atoms with van der Waals surface area (Å²) in [6.45, 7) is 0.196. The molecular formula is C25H17F3N2O5S. The Kier molecular flexibility index (Phi) is 7.11. The van der Waals surface area contributed by atoms with Gasteiger partial charge in [0.1, 0.15) is 5.75 Å². The maximum atomic E-state index is 13.0. The van der Waals surface area contributed by atoms with Crippen LogP contribution in [0.4, 0.5) is 23.7 Å². The minimum atomic E-state index is -4.76. The zero-order valence-corrected chi connectivity index (χ0v) is 19.2. The van der Waals surface area contributed by atoms with Crippen LogP contribution < -0.4 is 4.74 Å². The summed E-state index contributed by atoms with van der Waals surface area (Å²) in [5.74, 6) is -0.822. The van der Waals surface area contributed by atoms with Crippen molar-refractivity contribution in [3.8, 4) is 11.5 Å². The molecule has 4 rings (SSSR count). The van der Waals surface area contributed by atoms with E-state index in [-0.39, 0.29) is 17.2 Å². The SMILES string of the molecule is O=C1S/C(=C/c2ccccc2Oc2ccc(C(F)(F)F)cc2[N+](=O)[O-])C(=O)N1CCc1ccccc1. The Hall–Kier alpha value is -4.12. The molecule has 1 saturated heterocycles. The molecule has 0 saturated carbocycles. The van der Waals surface area contributed by atoms with Crippen LogP contribution >= 0.6 is 11.8 Å². The number of imide groups is 1. The highest BCUT2D eigenvalue weighted by Gasteiger charge is 2.35. The molecule has 7 nitrogen and oxygen atoms in total. The Bertz CT molecular complexity index is 1360. The molecule has 11 heteroatoms. The number of nitro groups is 1. The fourth-order valence-electron chi connectivity index (χ4n) is 3.45. The van der Waals surface area contributed by atoms with Crippen LogP contribution in [0.3, 0.4) is 0 Å². The van der Waals surface area contributed by atoms with Crippen molar-refractivity contribution in [2.45, 2.75) is 12.6 Å². The van der Waals surface area contributed by atoms with E-state index in [0.717, 1.165) is 28.3 Å². The Labute approximate surface area is 207 Å². The number of thioether (sulfide) groups is 1. The molecule has 3 aromatic carbocycles. The van der Waals surface area contributed by atoms with Crippen LogP contribution in [0.2, 0.25) is 0 Å². The number of carbonyl (C=O) groups excluding carboxylic acids is 2. The topological polar surface area (TPSA) is 89.7 Å². The van der Waals surface area contributed by atoms with Gasteiger partial charge in [0.2, 0.25) is 5.75 Å². The molecule has 3 aromatic rings. The highest BCUT2D eigenvalue weighted by Crippen LogP contribution is 2.40. The molecule has 0 spiro atoms. The summed E-state index contributed by atoms with van der Waals surface area (Å²) in [5.41, 5.74) is -0.752. The first-order valence-corrected chi connectivity index (χ1v) is 11.4. The van der Waals surface area contributed by atoms with Gasteiger partial charge in [0.15, 0.2) is 0 Å². The normalized spacial score (nSPS) is 15.0. The number of ether oxygens (including phenoxy) is 1. The molecule has 1 aliphatic heterocycles. The lowest BCUT2D eigenvalue weighted by Crippen LogP contribution is -2.30. The molecule has 36 heavy (non-hydrogen) atoms. The van der Waals surface area contributed by atoms with Gasteiger partial charge in [-0.1, -0.05) is 48.5 Å². The summed E-state index contributed by atoms with van der Waals surface area (Å²) in [4.78, 5) is 37.0. The number of hydrogen-bond acceptors (Lipinski definition) is 6. The third-order valence-corrected chi connectivity index (χ3v) is 6.16. The van der Waals surface area contributed by atoms with Gasteiger partial charge in [-0.2, -0.15) is 13.2 Å². The largest absolute Gasteiger partial charge is 0.449 e. The maximum Gasteiger partial charge on any atom is 0.416 e. The van der Waals surface area contributed by atoms with Crippen LogP contribution in [0.1, 0.15) is 16.7 Å². The van der Waals surface area contributed by atoms with E-state index < -0.39 is 39.2 Å². The van der Waals surface area contributed by atoms with Crippen molar-refractivity contribution < 1.29 is 32.4 Å². The van der Waals surface area contributed by atoms with Crippen molar-refractivity contribution in [2.75, 3.05) is 6.54 Å². The molecular weight excluding hydrogens is 497 g/mol. The molecule has 0 atom stereocenters. The van der Waals surface area contributed by atoms with E-state index in [1.54, 1.807) is 18.2 Å². The molecule has 2 amide bonds. The first-order chi connectivity index (χ1) is 17.1. The Morgan fingerprint density at radius 3 is 2.36 bits per heavy atom. The van der Waals surface area contributed by atoms with E-state index in [1.807, 2.05) is 30.3 Å². The van der Waals surface area contributed by atoms with Crippen LogP contribution in [-0.2, 0) is 17.4 Å². The molecule has 1 aliphatic rings. The first kappa shape index (κ1) is 25.0. The number of rotatable bonds is 7. The third-order valence-electron chi connectivity index (χ3n) is 5.25. The van der Waals surface area contributed by atoms with Crippen molar-refractivity contribution in [2.24, 2.45) is 0 Å². The number of carbonyl (C=O) groups is 2. The monoisotopic (exact) mass is 514 g/mol. The van der Waals surface area contributed by atoms with E-state index in [2.05, 4.69) is 0 Å². The molecule has 0 N–H and O–H groups in total. The number of benzene rings is 3. The van der Waals surface area contributed by atoms with Gasteiger partial charge in [-0.15, -0.1) is 0 Å². The lowest BCUT2D eigenvalue weighted by Gasteiger charge is -2.12. The zero-order valence-electron chi connectivity index (χ0n) is 18.4. The van der Waals surface area contributed by atoms with Gasteiger partial charge in [0.05, 0.1) is 15.4 Å². The van der Waals surface area contributed by atoms with Gasteiger partial charge in [-0.05, 0) is 48.0 Å². The molecule has 0 aliphatic carbocycles. The summed E-state index contributed by atoms with van der Waals surface area (Å²) in [7, 11) is 0. The zero-order chi connectivity index (χ0) is 25.9. The number of alkyl halides is 3. The number of nitro benzene ring substituents is 1. The van der Waals surface area contributed by atoms with Gasteiger partial charge < -0.3 is 4.74 Å². The number of hydrogen-bond donors (Lipinski definition) is 0. The van der Waals surface area contributed by atoms with Gasteiger partial charge >= 0.3 is 11.9 Å². The lowest BCUT2D eigenvalue weighted by atomic mass is 10.1. The van der Waals surface area contributed by atoms with Crippen molar-refractivity contribution in [1.29, 1.82) is 0 Å². The molecule has 184 valence electrons. The second kappa shape index (κ2) is 10.2. The standard InChI is InChI=1S/C25H17F3N2O5S/c26-25(27,28)18-10-11-21(19(15-18)30(33)34)35-20-9-5-4-8-17(20)14-22-23(31)29(24(32)36-22)13-12-16-6-2-1-3-7-16/h1-11,14-15H,12-13H2/b22-14+. The Balaban J connectivity index is 1.58. The second-order valence-electron chi connectivity index (χ2n) is 7.65. The van der Waals surface area contributed by atoms with E-state index in [1.165, 1.54) is 12.1 Å². The van der Waals surface area contributed by atoms with Gasteiger partial charge in [-0.25, -0.2) is 0 Å². The number of halogens is 3. The van der Waals surface area contributed by atoms with Crippen LogP contribution in [-0.4, -0.2) is 27.5 Å². The fraction of sp³-hybridized carbons (Fsp3) is 0.120. The predicted molar refractivity (Wildman–Crippen MR) is 127 cm³/mol. The molecule has 0 aromatic heterocycles. The summed E-state index contributed by atoms with van der Waals surface area (Å²) in [5, 5.41) is 11.0. The van der Waals surface area contributed by atoms with E-state index >= 15 is 0 Å². The highest BCUT2D eigenvalue weighted by atomic mass is 32.2. The van der Waals surface area contributed by atoms with Crippen LogP contribution in [0.25, 0.3) is 6.08 Å². The van der Waals surface area contributed by atoms with Gasteiger partial charge in [0, 0.05) is 18.2 Å². The lowest BCUT2D eigenvalue weighted by molar-refractivity contribution is -0.385. The van der Waals surface area contributed by atoms with Crippen LogP contribution in [0.5, 0.6) is 11.5 Å². The first-order valence-electron chi connectivity index (χ1n) is 10.6. The summed E-state index contributed by atoms with van der Waals surface area (Å²) < 4.78 is 44.6. The van der Waals surface area contributed by atoms with E-state index in [0.29, 0.717) is 24.1 Å². The molecule has 0 bridgehead atoms. The highest BCUT2D eigenvalue weighted by molar-refractivity contribution is 8.18. The minimum absolute atomic E-state index is 0.0662. The Morgan fingerprint density at radius 1 is 0.972 bits per heavy atom. The predicted octanol–water partition coefficient (Wildman–Crippen LogP) is 6.68. The molecule has 1 fully saturated rings. The average molecular weight is 514 g/mol. The van der Waals surface area contributed by atoms with Gasteiger partial charge in [-0.3, -0.25) is 24.6 Å². The maximum absolute atomic E-state index is 13.0. The van der Waals surface area contributed by atoms with Crippen LogP contribution in [0.15, 0.2) is 77.7 Å². The van der Waals surface area contributed by atoms with Crippen molar-refractivity contribution in [3.05, 3.63) is 105 Å². The van der Waals surface area contributed by atoms with Crippen molar-refractivity contribution in [1.82, 2.24) is 4.90 Å². The van der Waals surface area contributed by atoms with Crippen LogP contribution in [0, 0.1) is 10.1 Å². The number of para-hydroxylation sites is 1. The van der Waals surface area contributed by atoms with Gasteiger partial charge in [0.25, 0.3) is 11.1 Å². The summed E-state index contributed by atoms with van der Waals surface area (Å²) in [6.07, 6.45) is -2.85. The van der Waals surface area contributed by atoms with Crippen molar-refractivity contribution in [3.63, 3.8) is 0 Å². The second-order valence-corrected chi connectivity index (χ2v) is 8.64. The molecule has 0 radical (unpaired) electrons. The Morgan fingerprint density at radius 2 is 1.67 bits per heavy atom. The van der Waals surface area contributed by atoms with E-state index in [4.69, 9.17) is 4.74 Å². The third kappa shape index (κ3) is 5.57. The molecule has 1 heterocycles. The van der Waals surface area contributed by atoms with Crippen molar-refractivity contribution >= 4 is 34.7 Å².